The highest BCUT2D eigenvalue weighted by Crippen LogP contribution is 2.51. The number of aryl methyl sites for hydroxylation is 1. The van der Waals surface area contributed by atoms with Crippen LogP contribution in [-0.4, -0.2) is 30.7 Å². The summed E-state index contributed by atoms with van der Waals surface area (Å²) in [5, 5.41) is 7.88. The lowest BCUT2D eigenvalue weighted by atomic mass is 9.94. The first-order valence-corrected chi connectivity index (χ1v) is 12.2. The van der Waals surface area contributed by atoms with Crippen LogP contribution in [0.3, 0.4) is 0 Å². The zero-order valence-electron chi connectivity index (χ0n) is 17.3. The average Bonchev–Trinajstić information content (AvgIpc) is 3.44. The molecule has 0 spiro atoms. The van der Waals surface area contributed by atoms with Crippen LogP contribution in [-0.2, 0) is 27.3 Å². The molecule has 2 aromatic carbocycles. The summed E-state index contributed by atoms with van der Waals surface area (Å²) < 4.78 is 29.3. The molecule has 32 heavy (non-hydrogen) atoms. The lowest BCUT2D eigenvalue weighted by Gasteiger charge is -2.24. The van der Waals surface area contributed by atoms with Crippen molar-refractivity contribution < 1.29 is 13.2 Å². The van der Waals surface area contributed by atoms with Crippen molar-refractivity contribution in [3.8, 4) is 0 Å². The van der Waals surface area contributed by atoms with Gasteiger partial charge in [0.05, 0.1) is 17.7 Å². The Labute approximate surface area is 196 Å². The van der Waals surface area contributed by atoms with Crippen molar-refractivity contribution in [1.82, 2.24) is 19.8 Å². The first-order valence-electron chi connectivity index (χ1n) is 10.0. The van der Waals surface area contributed by atoms with Crippen LogP contribution in [0.5, 0.6) is 0 Å². The van der Waals surface area contributed by atoms with Crippen molar-refractivity contribution in [2.45, 2.75) is 29.2 Å². The summed E-state index contributed by atoms with van der Waals surface area (Å²) in [5.74, 6) is -0.198. The first kappa shape index (κ1) is 22.8. The van der Waals surface area contributed by atoms with E-state index in [4.69, 9.17) is 23.2 Å². The van der Waals surface area contributed by atoms with Crippen LogP contribution < -0.4 is 10.0 Å². The Hall–Kier alpha value is -2.39. The number of sulfonamides is 1. The SMILES string of the molecule is Cn1cc(S(=O)(=O)NCC(NC(=O)C2(c3ccc(Cl)cc3Cl)CC2)c2ccccc2)cn1. The summed E-state index contributed by atoms with van der Waals surface area (Å²) in [6.45, 7) is -0.0165. The monoisotopic (exact) mass is 492 g/mol. The van der Waals surface area contributed by atoms with Crippen molar-refractivity contribution in [3.63, 3.8) is 0 Å². The van der Waals surface area contributed by atoms with Gasteiger partial charge in [-0.05, 0) is 36.1 Å². The van der Waals surface area contributed by atoms with E-state index in [-0.39, 0.29) is 17.3 Å². The van der Waals surface area contributed by atoms with Gasteiger partial charge in [-0.25, -0.2) is 13.1 Å². The highest BCUT2D eigenvalue weighted by Gasteiger charge is 2.52. The van der Waals surface area contributed by atoms with Gasteiger partial charge < -0.3 is 5.32 Å². The molecule has 10 heteroatoms. The molecule has 3 aromatic rings. The molecule has 1 amide bonds. The maximum absolute atomic E-state index is 13.4. The number of rotatable bonds is 8. The van der Waals surface area contributed by atoms with Crippen LogP contribution in [0.2, 0.25) is 10.0 Å². The number of halogens is 2. The maximum Gasteiger partial charge on any atom is 0.243 e. The summed E-state index contributed by atoms with van der Waals surface area (Å²) in [5.41, 5.74) is 0.772. The maximum atomic E-state index is 13.4. The van der Waals surface area contributed by atoms with E-state index in [0.717, 1.165) is 11.1 Å². The van der Waals surface area contributed by atoms with E-state index in [1.807, 2.05) is 30.3 Å². The molecular formula is C22H22Cl2N4O3S. The third-order valence-corrected chi connectivity index (χ3v) is 7.53. The number of carbonyl (C=O) groups excluding carboxylic acids is 1. The van der Waals surface area contributed by atoms with Crippen LogP contribution in [0.4, 0.5) is 0 Å². The molecule has 0 aliphatic heterocycles. The number of aromatic nitrogens is 2. The van der Waals surface area contributed by atoms with Crippen LogP contribution in [0.25, 0.3) is 0 Å². The second kappa shape index (κ2) is 8.86. The first-order chi connectivity index (χ1) is 15.2. The van der Waals surface area contributed by atoms with E-state index in [1.54, 1.807) is 25.2 Å². The van der Waals surface area contributed by atoms with Crippen molar-refractivity contribution in [2.24, 2.45) is 7.05 Å². The van der Waals surface area contributed by atoms with E-state index in [1.165, 1.54) is 17.1 Å². The third kappa shape index (κ3) is 4.68. The molecule has 1 saturated carbocycles. The van der Waals surface area contributed by atoms with Crippen molar-refractivity contribution >= 4 is 39.1 Å². The standard InChI is InChI=1S/C22H22Cl2N4O3S/c1-28-14-17(12-25-28)32(30,31)26-13-20(15-5-3-2-4-6-15)27-21(29)22(9-10-22)18-8-7-16(23)11-19(18)24/h2-8,11-12,14,20,26H,9-10,13H2,1H3,(H,27,29). The molecule has 4 rings (SSSR count). The van der Waals surface area contributed by atoms with Gasteiger partial charge in [0.25, 0.3) is 0 Å². The molecular weight excluding hydrogens is 471 g/mol. The molecule has 1 atom stereocenters. The number of benzene rings is 2. The molecule has 1 aliphatic rings. The summed E-state index contributed by atoms with van der Waals surface area (Å²) in [4.78, 5) is 13.4. The molecule has 1 heterocycles. The molecule has 7 nitrogen and oxygen atoms in total. The summed E-state index contributed by atoms with van der Waals surface area (Å²) in [6, 6.07) is 13.8. The molecule has 1 fully saturated rings. The summed E-state index contributed by atoms with van der Waals surface area (Å²) in [6.07, 6.45) is 4.01. The minimum absolute atomic E-state index is 0.0165. The third-order valence-electron chi connectivity index (χ3n) is 5.61. The largest absolute Gasteiger partial charge is 0.347 e. The Bertz CT molecular complexity index is 1240. The number of hydrogen-bond donors (Lipinski definition) is 2. The molecule has 0 bridgehead atoms. The van der Waals surface area contributed by atoms with Gasteiger partial charge in [-0.3, -0.25) is 9.48 Å². The number of carbonyl (C=O) groups is 1. The molecule has 1 aliphatic carbocycles. The normalized spacial score (nSPS) is 15.8. The lowest BCUT2D eigenvalue weighted by Crippen LogP contribution is -2.42. The number of nitrogens with one attached hydrogen (secondary N) is 2. The number of hydrogen-bond acceptors (Lipinski definition) is 4. The predicted molar refractivity (Wildman–Crippen MR) is 123 cm³/mol. The van der Waals surface area contributed by atoms with E-state index in [2.05, 4.69) is 15.1 Å². The van der Waals surface area contributed by atoms with E-state index < -0.39 is 21.5 Å². The van der Waals surface area contributed by atoms with E-state index >= 15 is 0 Å². The van der Waals surface area contributed by atoms with Gasteiger partial charge in [0.1, 0.15) is 4.90 Å². The Morgan fingerprint density at radius 2 is 1.91 bits per heavy atom. The highest BCUT2D eigenvalue weighted by molar-refractivity contribution is 7.89. The summed E-state index contributed by atoms with van der Waals surface area (Å²) in [7, 11) is -2.14. The Morgan fingerprint density at radius 3 is 2.50 bits per heavy atom. The molecule has 168 valence electrons. The van der Waals surface area contributed by atoms with Gasteiger partial charge >= 0.3 is 0 Å². The number of nitrogens with zero attached hydrogens (tertiary/aromatic N) is 2. The lowest BCUT2D eigenvalue weighted by molar-refractivity contribution is -0.124. The van der Waals surface area contributed by atoms with Crippen molar-refractivity contribution in [1.29, 1.82) is 0 Å². The fourth-order valence-electron chi connectivity index (χ4n) is 3.67. The number of amides is 1. The Balaban J connectivity index is 1.56. The Morgan fingerprint density at radius 1 is 1.19 bits per heavy atom. The molecule has 0 radical (unpaired) electrons. The van der Waals surface area contributed by atoms with Crippen molar-refractivity contribution in [2.75, 3.05) is 6.54 Å². The fourth-order valence-corrected chi connectivity index (χ4v) is 5.29. The van der Waals surface area contributed by atoms with E-state index in [9.17, 15) is 13.2 Å². The van der Waals surface area contributed by atoms with Gasteiger partial charge in [-0.15, -0.1) is 0 Å². The smallest absolute Gasteiger partial charge is 0.243 e. The summed E-state index contributed by atoms with van der Waals surface area (Å²) >= 11 is 12.4. The van der Waals surface area contributed by atoms with E-state index in [0.29, 0.717) is 22.9 Å². The van der Waals surface area contributed by atoms with Crippen LogP contribution in [0, 0.1) is 0 Å². The molecule has 1 aromatic heterocycles. The molecule has 0 saturated heterocycles. The van der Waals surface area contributed by atoms with Gasteiger partial charge in [0, 0.05) is 29.8 Å². The highest BCUT2D eigenvalue weighted by atomic mass is 35.5. The van der Waals surface area contributed by atoms with Gasteiger partial charge in [0.15, 0.2) is 0 Å². The topological polar surface area (TPSA) is 93.1 Å². The van der Waals surface area contributed by atoms with Gasteiger partial charge in [0.2, 0.25) is 15.9 Å². The molecule has 1 unspecified atom stereocenters. The molecule has 2 N–H and O–H groups in total. The van der Waals surface area contributed by atoms with Crippen LogP contribution in [0.15, 0.2) is 65.8 Å². The van der Waals surface area contributed by atoms with Crippen LogP contribution in [0.1, 0.15) is 30.0 Å². The predicted octanol–water partition coefficient (Wildman–Crippen LogP) is 3.59. The minimum atomic E-state index is -3.78. The zero-order valence-corrected chi connectivity index (χ0v) is 19.6. The van der Waals surface area contributed by atoms with Crippen LogP contribution >= 0.6 is 23.2 Å². The Kier molecular flexibility index (Phi) is 6.31. The fraction of sp³-hybridized carbons (Fsp3) is 0.273. The van der Waals surface area contributed by atoms with Gasteiger partial charge in [-0.2, -0.15) is 5.10 Å². The second-order valence-corrected chi connectivity index (χ2v) is 10.5. The van der Waals surface area contributed by atoms with Gasteiger partial charge in [-0.1, -0.05) is 59.6 Å². The average molecular weight is 493 g/mol. The van der Waals surface area contributed by atoms with Crippen molar-refractivity contribution in [3.05, 3.63) is 82.1 Å². The zero-order chi connectivity index (χ0) is 22.9. The second-order valence-electron chi connectivity index (χ2n) is 7.84. The quantitative estimate of drug-likeness (QED) is 0.502. The minimum Gasteiger partial charge on any atom is -0.347 e.